The number of likely N-dealkylation sites (tertiary alicyclic amines) is 1. The van der Waals surface area contributed by atoms with E-state index in [4.69, 9.17) is 4.74 Å². The van der Waals surface area contributed by atoms with Crippen LogP contribution in [0.3, 0.4) is 0 Å². The third-order valence-corrected chi connectivity index (χ3v) is 3.68. The minimum absolute atomic E-state index is 0.240. The third-order valence-electron chi connectivity index (χ3n) is 3.68. The summed E-state index contributed by atoms with van der Waals surface area (Å²) in [5, 5.41) is 14.0. The van der Waals surface area contributed by atoms with Crippen LogP contribution in [0.25, 0.3) is 0 Å². The summed E-state index contributed by atoms with van der Waals surface area (Å²) < 4.78 is 7.26. The molecular weight excluding hydrogens is 282 g/mol. The van der Waals surface area contributed by atoms with Gasteiger partial charge in [-0.05, 0) is 33.6 Å². The van der Waals surface area contributed by atoms with Crippen LogP contribution in [-0.2, 0) is 4.74 Å². The summed E-state index contributed by atoms with van der Waals surface area (Å²) in [5.41, 5.74) is 0.274. The van der Waals surface area contributed by atoms with Gasteiger partial charge in [0.1, 0.15) is 5.60 Å². The normalized spacial score (nSPS) is 18.1. The van der Waals surface area contributed by atoms with Crippen LogP contribution in [0.1, 0.15) is 51.3 Å². The van der Waals surface area contributed by atoms with E-state index in [9.17, 15) is 9.90 Å². The molecule has 0 radical (unpaired) electrons. The first-order chi connectivity index (χ1) is 10.3. The highest BCUT2D eigenvalue weighted by Gasteiger charge is 2.27. The lowest BCUT2D eigenvalue weighted by Crippen LogP contribution is -2.42. The second-order valence-corrected chi connectivity index (χ2v) is 6.63. The topological polar surface area (TPSA) is 67.6 Å². The summed E-state index contributed by atoms with van der Waals surface area (Å²) >= 11 is 0. The van der Waals surface area contributed by atoms with Crippen molar-refractivity contribution in [2.75, 3.05) is 13.1 Å². The summed E-state index contributed by atoms with van der Waals surface area (Å²) in [6, 6.07) is 0.240. The molecule has 1 aromatic heterocycles. The lowest BCUT2D eigenvalue weighted by atomic mass is 10.1. The van der Waals surface area contributed by atoms with Crippen LogP contribution in [-0.4, -0.2) is 44.6 Å². The molecule has 1 atom stereocenters. The van der Waals surface area contributed by atoms with Crippen LogP contribution >= 0.6 is 0 Å². The zero-order valence-corrected chi connectivity index (χ0v) is 13.5. The van der Waals surface area contributed by atoms with Gasteiger partial charge < -0.3 is 14.7 Å². The molecule has 2 heterocycles. The molecule has 1 saturated heterocycles. The summed E-state index contributed by atoms with van der Waals surface area (Å²) in [4.78, 5) is 13.8. The van der Waals surface area contributed by atoms with Crippen LogP contribution in [0.15, 0.2) is 25.0 Å². The second-order valence-electron chi connectivity index (χ2n) is 6.63. The Kier molecular flexibility index (Phi) is 4.90. The molecule has 1 amide bonds. The summed E-state index contributed by atoms with van der Waals surface area (Å²) in [5.74, 6) is 0. The SMILES string of the molecule is C=CC(O)c1cnn(C2CCN(C(=O)OC(C)(C)C)CC2)c1. The Bertz CT molecular complexity index is 525. The molecule has 1 N–H and O–H groups in total. The first-order valence-electron chi connectivity index (χ1n) is 7.63. The average Bonchev–Trinajstić information content (AvgIpc) is 2.94. The van der Waals surface area contributed by atoms with Gasteiger partial charge in [0, 0.05) is 24.8 Å². The van der Waals surface area contributed by atoms with E-state index < -0.39 is 11.7 Å². The maximum absolute atomic E-state index is 12.0. The Morgan fingerprint density at radius 2 is 2.14 bits per heavy atom. The van der Waals surface area contributed by atoms with Crippen molar-refractivity contribution in [3.63, 3.8) is 0 Å². The quantitative estimate of drug-likeness (QED) is 0.872. The molecule has 1 fully saturated rings. The van der Waals surface area contributed by atoms with Crippen LogP contribution < -0.4 is 0 Å². The predicted octanol–water partition coefficient (Wildman–Crippen LogP) is 2.67. The van der Waals surface area contributed by atoms with Gasteiger partial charge in [0.05, 0.1) is 18.3 Å². The number of carbonyl (C=O) groups excluding carboxylic acids is 1. The number of aromatic nitrogens is 2. The zero-order valence-electron chi connectivity index (χ0n) is 13.5. The van der Waals surface area contributed by atoms with Gasteiger partial charge in [-0.1, -0.05) is 6.08 Å². The molecule has 0 spiro atoms. The molecular formula is C16H25N3O3. The molecule has 6 heteroatoms. The number of rotatable bonds is 3. The molecule has 0 aromatic carbocycles. The number of aliphatic hydroxyl groups excluding tert-OH is 1. The molecule has 0 saturated carbocycles. The first-order valence-corrected chi connectivity index (χ1v) is 7.63. The van der Waals surface area contributed by atoms with E-state index in [0.29, 0.717) is 13.1 Å². The van der Waals surface area contributed by atoms with Gasteiger partial charge in [0.15, 0.2) is 0 Å². The monoisotopic (exact) mass is 307 g/mol. The van der Waals surface area contributed by atoms with Crippen molar-refractivity contribution in [2.24, 2.45) is 0 Å². The van der Waals surface area contributed by atoms with E-state index in [2.05, 4.69) is 11.7 Å². The fourth-order valence-corrected chi connectivity index (χ4v) is 2.48. The van der Waals surface area contributed by atoms with Gasteiger partial charge in [-0.2, -0.15) is 5.10 Å². The smallest absolute Gasteiger partial charge is 0.410 e. The molecule has 0 bridgehead atoms. The van der Waals surface area contributed by atoms with Crippen LogP contribution in [0, 0.1) is 0 Å². The Labute approximate surface area is 131 Å². The van der Waals surface area contributed by atoms with Crippen molar-refractivity contribution in [1.29, 1.82) is 0 Å². The van der Waals surface area contributed by atoms with E-state index in [-0.39, 0.29) is 12.1 Å². The standard InChI is InChI=1S/C16H25N3O3/c1-5-14(20)12-10-17-19(11-12)13-6-8-18(9-7-13)15(21)22-16(2,3)4/h5,10-11,13-14,20H,1,6-9H2,2-4H3. The fourth-order valence-electron chi connectivity index (χ4n) is 2.48. The maximum Gasteiger partial charge on any atom is 0.410 e. The van der Waals surface area contributed by atoms with Crippen molar-refractivity contribution in [2.45, 2.75) is 51.4 Å². The number of amides is 1. The van der Waals surface area contributed by atoms with Crippen molar-refractivity contribution >= 4 is 6.09 Å². The zero-order chi connectivity index (χ0) is 16.3. The molecule has 22 heavy (non-hydrogen) atoms. The highest BCUT2D eigenvalue weighted by molar-refractivity contribution is 5.68. The molecule has 1 aliphatic rings. The number of aliphatic hydroxyl groups is 1. The number of carbonyl (C=O) groups is 1. The minimum atomic E-state index is -0.685. The first kappa shape index (κ1) is 16.5. The van der Waals surface area contributed by atoms with Crippen LogP contribution in [0.5, 0.6) is 0 Å². The summed E-state index contributed by atoms with van der Waals surface area (Å²) in [7, 11) is 0. The molecule has 2 rings (SSSR count). The predicted molar refractivity (Wildman–Crippen MR) is 83.5 cm³/mol. The number of piperidine rings is 1. The highest BCUT2D eigenvalue weighted by Crippen LogP contribution is 2.24. The van der Waals surface area contributed by atoms with Gasteiger partial charge >= 0.3 is 6.09 Å². The van der Waals surface area contributed by atoms with E-state index in [1.807, 2.05) is 31.6 Å². The Hall–Kier alpha value is -1.82. The third kappa shape index (κ3) is 4.10. The number of nitrogens with zero attached hydrogens (tertiary/aromatic N) is 3. The van der Waals surface area contributed by atoms with E-state index in [1.165, 1.54) is 6.08 Å². The maximum atomic E-state index is 12.0. The van der Waals surface area contributed by atoms with Gasteiger partial charge in [-0.3, -0.25) is 4.68 Å². The number of hydrogen-bond acceptors (Lipinski definition) is 4. The Balaban J connectivity index is 1.90. The van der Waals surface area contributed by atoms with Crippen molar-refractivity contribution < 1.29 is 14.6 Å². The van der Waals surface area contributed by atoms with E-state index in [0.717, 1.165) is 18.4 Å². The average molecular weight is 307 g/mol. The molecule has 1 unspecified atom stereocenters. The van der Waals surface area contributed by atoms with Crippen molar-refractivity contribution in [3.05, 3.63) is 30.6 Å². The second kappa shape index (κ2) is 6.52. The largest absolute Gasteiger partial charge is 0.444 e. The van der Waals surface area contributed by atoms with E-state index >= 15 is 0 Å². The molecule has 6 nitrogen and oxygen atoms in total. The Morgan fingerprint density at radius 1 is 1.50 bits per heavy atom. The molecule has 0 aliphatic carbocycles. The van der Waals surface area contributed by atoms with Gasteiger partial charge in [0.25, 0.3) is 0 Å². The number of ether oxygens (including phenoxy) is 1. The van der Waals surface area contributed by atoms with Crippen molar-refractivity contribution in [1.82, 2.24) is 14.7 Å². The molecule has 1 aromatic rings. The van der Waals surface area contributed by atoms with Crippen LogP contribution in [0.4, 0.5) is 4.79 Å². The molecule has 122 valence electrons. The number of hydrogen-bond donors (Lipinski definition) is 1. The lowest BCUT2D eigenvalue weighted by Gasteiger charge is -2.33. The summed E-state index contributed by atoms with van der Waals surface area (Å²) in [6.45, 7) is 10.5. The van der Waals surface area contributed by atoms with Gasteiger partial charge in [-0.15, -0.1) is 6.58 Å². The van der Waals surface area contributed by atoms with E-state index in [1.54, 1.807) is 11.1 Å². The van der Waals surface area contributed by atoms with Crippen molar-refractivity contribution in [3.8, 4) is 0 Å². The Morgan fingerprint density at radius 3 is 2.68 bits per heavy atom. The lowest BCUT2D eigenvalue weighted by molar-refractivity contribution is 0.0185. The summed E-state index contributed by atoms with van der Waals surface area (Å²) in [6.07, 6.45) is 5.69. The van der Waals surface area contributed by atoms with Gasteiger partial charge in [0.2, 0.25) is 0 Å². The van der Waals surface area contributed by atoms with Gasteiger partial charge in [-0.25, -0.2) is 4.79 Å². The molecule has 1 aliphatic heterocycles. The fraction of sp³-hybridized carbons (Fsp3) is 0.625. The van der Waals surface area contributed by atoms with Crippen LogP contribution in [0.2, 0.25) is 0 Å². The minimum Gasteiger partial charge on any atom is -0.444 e. The highest BCUT2D eigenvalue weighted by atomic mass is 16.6.